The molecule has 2 N–H and O–H groups in total. The third-order valence-electron chi connectivity index (χ3n) is 5.40. The summed E-state index contributed by atoms with van der Waals surface area (Å²) in [6.07, 6.45) is 5.99. The smallest absolute Gasteiger partial charge is 0.290 e. The maximum atomic E-state index is 13.0. The number of benzene rings is 1. The fourth-order valence-corrected chi connectivity index (χ4v) is 3.17. The van der Waals surface area contributed by atoms with Crippen LogP contribution in [0.25, 0.3) is 16.6 Å². The molecular weight excluding hydrogens is 529 g/mol. The van der Waals surface area contributed by atoms with Gasteiger partial charge in [0.05, 0.1) is 11.0 Å². The zero-order valence-electron chi connectivity index (χ0n) is 25.9. The lowest BCUT2D eigenvalue weighted by Gasteiger charge is -2.21. The van der Waals surface area contributed by atoms with Gasteiger partial charge in [-0.3, -0.25) is 4.79 Å². The number of anilines is 1. The van der Waals surface area contributed by atoms with Crippen molar-refractivity contribution >= 4 is 28.9 Å². The number of carbonyl (C=O) groups is 1. The van der Waals surface area contributed by atoms with Crippen molar-refractivity contribution in [1.29, 1.82) is 0 Å². The number of imidazole rings is 1. The Morgan fingerprint density at radius 3 is 2.20 bits per heavy atom. The second kappa shape index (κ2) is 24.2. The van der Waals surface area contributed by atoms with E-state index in [-0.39, 0.29) is 17.6 Å². The molecule has 0 aliphatic carbocycles. The molecule has 2 aromatic heterocycles. The molecule has 0 radical (unpaired) electrons. The topological polar surface area (TPSA) is 82.1 Å². The average molecular weight is 579 g/mol. The molecule has 0 amide bonds. The standard InChI is InChI=1S/C12H11F3N2.C12H20N2.C5H10.C2H6.CH2O2/c1-6(7(2)13)12-16-9-4-3-8(11(14)15)5-10(9)17-12;1-4-6-9-14(5-2)12-8-7-11(3)10-13-12;1-3-5-4-2;1-2;2-1-3/h3-5,7,11H,1H2,2H3,(H,16,17);7-8,10H,4-6,9H2,1-3H3;3,5H,4H2,1-2H3;1-2H3;1H,(H,2,3)/b;;5-3-;;. The SMILES string of the molecule is C/C=C\CC.C=C(c1nc2ccc(C(F)F)cc2[nH]1)C(C)F.CC.CCCCN(CC)c1ccc(C)cn1.O=CO. The van der Waals surface area contributed by atoms with Gasteiger partial charge in [0.1, 0.15) is 17.8 Å². The third-order valence-corrected chi connectivity index (χ3v) is 5.40. The van der Waals surface area contributed by atoms with E-state index in [2.05, 4.69) is 78.4 Å². The minimum Gasteiger partial charge on any atom is -0.483 e. The largest absolute Gasteiger partial charge is 0.483 e. The van der Waals surface area contributed by atoms with Crippen LogP contribution in [0.5, 0.6) is 0 Å². The summed E-state index contributed by atoms with van der Waals surface area (Å²) in [7, 11) is 0. The number of unbranched alkanes of at least 4 members (excludes halogenated alkanes) is 1. The van der Waals surface area contributed by atoms with Crippen LogP contribution in [0.15, 0.2) is 55.3 Å². The van der Waals surface area contributed by atoms with Crippen molar-refractivity contribution in [3.63, 3.8) is 0 Å². The number of halogens is 3. The summed E-state index contributed by atoms with van der Waals surface area (Å²) < 4.78 is 38.0. The Kier molecular flexibility index (Phi) is 23.3. The lowest BCUT2D eigenvalue weighted by Crippen LogP contribution is -2.24. The van der Waals surface area contributed by atoms with Crippen LogP contribution in [0.1, 0.15) is 91.1 Å². The molecule has 3 rings (SSSR count). The van der Waals surface area contributed by atoms with E-state index >= 15 is 0 Å². The van der Waals surface area contributed by atoms with Crippen molar-refractivity contribution in [3.05, 3.63) is 72.2 Å². The molecular formula is C32H49F3N4O2. The first kappa shape index (κ1) is 39.5. The highest BCUT2D eigenvalue weighted by Gasteiger charge is 2.13. The summed E-state index contributed by atoms with van der Waals surface area (Å²) in [6.45, 7) is 21.4. The summed E-state index contributed by atoms with van der Waals surface area (Å²) in [4.78, 5) is 22.0. The number of fused-ring (bicyclic) bond motifs is 1. The maximum Gasteiger partial charge on any atom is 0.290 e. The molecule has 0 fully saturated rings. The van der Waals surface area contributed by atoms with Crippen molar-refractivity contribution in [2.24, 2.45) is 0 Å². The number of rotatable bonds is 9. The first-order valence-corrected chi connectivity index (χ1v) is 14.1. The lowest BCUT2D eigenvalue weighted by molar-refractivity contribution is -0.122. The number of carboxylic acid groups (broad SMARTS) is 1. The molecule has 0 saturated heterocycles. The molecule has 230 valence electrons. The quantitative estimate of drug-likeness (QED) is 0.195. The number of allylic oxidation sites excluding steroid dienone is 3. The number of hydrogen-bond acceptors (Lipinski definition) is 4. The highest BCUT2D eigenvalue weighted by molar-refractivity contribution is 5.79. The number of nitrogens with zero attached hydrogens (tertiary/aromatic N) is 3. The van der Waals surface area contributed by atoms with E-state index in [0.29, 0.717) is 16.9 Å². The Morgan fingerprint density at radius 1 is 1.15 bits per heavy atom. The van der Waals surface area contributed by atoms with Crippen LogP contribution < -0.4 is 4.90 Å². The highest BCUT2D eigenvalue weighted by Crippen LogP contribution is 2.25. The van der Waals surface area contributed by atoms with Gasteiger partial charge in [0.25, 0.3) is 12.9 Å². The summed E-state index contributed by atoms with van der Waals surface area (Å²) >= 11 is 0. The Morgan fingerprint density at radius 2 is 1.78 bits per heavy atom. The van der Waals surface area contributed by atoms with Crippen LogP contribution >= 0.6 is 0 Å². The summed E-state index contributed by atoms with van der Waals surface area (Å²) in [6, 6.07) is 8.32. The van der Waals surface area contributed by atoms with Crippen LogP contribution in [0.4, 0.5) is 19.0 Å². The van der Waals surface area contributed by atoms with Crippen molar-refractivity contribution in [2.75, 3.05) is 18.0 Å². The normalized spacial score (nSPS) is 10.6. The molecule has 9 heteroatoms. The van der Waals surface area contributed by atoms with Crippen LogP contribution in [0.2, 0.25) is 0 Å². The van der Waals surface area contributed by atoms with E-state index in [9.17, 15) is 13.2 Å². The van der Waals surface area contributed by atoms with Gasteiger partial charge in [0.2, 0.25) is 0 Å². The number of alkyl halides is 3. The first-order valence-electron chi connectivity index (χ1n) is 14.1. The van der Waals surface area contributed by atoms with Crippen LogP contribution in [0.3, 0.4) is 0 Å². The molecule has 1 aromatic carbocycles. The summed E-state index contributed by atoms with van der Waals surface area (Å²) in [5.41, 5.74) is 2.32. The van der Waals surface area contributed by atoms with Gasteiger partial charge in [0, 0.05) is 30.4 Å². The molecule has 0 saturated carbocycles. The molecule has 41 heavy (non-hydrogen) atoms. The van der Waals surface area contributed by atoms with E-state index in [4.69, 9.17) is 9.90 Å². The van der Waals surface area contributed by atoms with E-state index in [1.54, 1.807) is 0 Å². The van der Waals surface area contributed by atoms with E-state index in [1.165, 1.54) is 43.5 Å². The summed E-state index contributed by atoms with van der Waals surface area (Å²) in [5.74, 6) is 1.40. The van der Waals surface area contributed by atoms with E-state index in [1.807, 2.05) is 27.0 Å². The molecule has 0 spiro atoms. The number of aromatic nitrogens is 3. The van der Waals surface area contributed by atoms with Crippen molar-refractivity contribution < 1.29 is 23.1 Å². The molecule has 2 heterocycles. The molecule has 0 bridgehead atoms. The van der Waals surface area contributed by atoms with Crippen LogP contribution in [-0.4, -0.2) is 45.8 Å². The zero-order chi connectivity index (χ0) is 31.8. The Labute approximate surface area is 244 Å². The Hall–Kier alpha value is -3.62. The number of pyridine rings is 1. The predicted molar refractivity (Wildman–Crippen MR) is 168 cm³/mol. The molecule has 0 aliphatic rings. The molecule has 1 unspecified atom stereocenters. The van der Waals surface area contributed by atoms with Crippen LogP contribution in [0, 0.1) is 6.92 Å². The number of hydrogen-bond donors (Lipinski definition) is 2. The first-order chi connectivity index (χ1) is 19.6. The van der Waals surface area contributed by atoms with Crippen LogP contribution in [-0.2, 0) is 4.79 Å². The van der Waals surface area contributed by atoms with E-state index < -0.39 is 12.6 Å². The minimum atomic E-state index is -2.53. The van der Waals surface area contributed by atoms with Gasteiger partial charge in [-0.1, -0.05) is 65.0 Å². The lowest BCUT2D eigenvalue weighted by atomic mass is 10.2. The monoisotopic (exact) mass is 578 g/mol. The zero-order valence-corrected chi connectivity index (χ0v) is 25.9. The third kappa shape index (κ3) is 16.3. The predicted octanol–water partition coefficient (Wildman–Crippen LogP) is 9.59. The number of aromatic amines is 1. The average Bonchev–Trinajstić information content (AvgIpc) is 3.40. The number of nitrogens with one attached hydrogen (secondary N) is 1. The van der Waals surface area contributed by atoms with Gasteiger partial charge in [-0.05, 0) is 64.3 Å². The van der Waals surface area contributed by atoms with Crippen molar-refractivity contribution in [1.82, 2.24) is 15.0 Å². The van der Waals surface area contributed by atoms with Crippen molar-refractivity contribution in [3.8, 4) is 0 Å². The second-order valence-corrected chi connectivity index (χ2v) is 8.51. The van der Waals surface area contributed by atoms with Crippen molar-refractivity contribution in [2.45, 2.75) is 87.2 Å². The number of aryl methyl sites for hydroxylation is 1. The van der Waals surface area contributed by atoms with Gasteiger partial charge in [0.15, 0.2) is 0 Å². The maximum absolute atomic E-state index is 13.0. The molecule has 1 atom stereocenters. The second-order valence-electron chi connectivity index (χ2n) is 8.51. The van der Waals surface area contributed by atoms with E-state index in [0.717, 1.165) is 25.3 Å². The van der Waals surface area contributed by atoms with Gasteiger partial charge in [-0.15, -0.1) is 0 Å². The van der Waals surface area contributed by atoms with Gasteiger partial charge in [-0.2, -0.15) is 0 Å². The fourth-order valence-electron chi connectivity index (χ4n) is 3.17. The fraction of sp³-hybridized carbons (Fsp3) is 0.469. The van der Waals surface area contributed by atoms with Gasteiger partial charge < -0.3 is 15.0 Å². The number of H-pyrrole nitrogens is 1. The minimum absolute atomic E-state index is 0.0911. The molecule has 0 aliphatic heterocycles. The molecule has 6 nitrogen and oxygen atoms in total. The Balaban J connectivity index is 0. The summed E-state index contributed by atoms with van der Waals surface area (Å²) in [5, 5.41) is 6.89. The van der Waals surface area contributed by atoms with Gasteiger partial charge in [-0.25, -0.2) is 23.1 Å². The Bertz CT molecular complexity index is 1110. The molecule has 3 aromatic rings. The van der Waals surface area contributed by atoms with Gasteiger partial charge >= 0.3 is 0 Å². The highest BCUT2D eigenvalue weighted by atomic mass is 19.3.